The van der Waals surface area contributed by atoms with Gasteiger partial charge in [-0.1, -0.05) is 13.8 Å². The van der Waals surface area contributed by atoms with Gasteiger partial charge in [-0.2, -0.15) is 18.8 Å². The van der Waals surface area contributed by atoms with Gasteiger partial charge in [-0.3, -0.25) is 14.0 Å². The maximum Gasteiger partial charge on any atom is 0.261 e. The van der Waals surface area contributed by atoms with E-state index in [0.29, 0.717) is 12.2 Å². The first-order chi connectivity index (χ1) is 14.3. The molecule has 2 aliphatic rings. The molecule has 1 saturated carbocycles. The van der Waals surface area contributed by atoms with Gasteiger partial charge in [0.05, 0.1) is 25.4 Å². The highest BCUT2D eigenvalue weighted by molar-refractivity contribution is 7.85. The molecule has 12 heteroatoms. The van der Waals surface area contributed by atoms with Gasteiger partial charge >= 0.3 is 0 Å². The Bertz CT molecular complexity index is 893. The fourth-order valence-corrected chi connectivity index (χ4v) is 4.34. The monoisotopic (exact) mass is 458 g/mol. The fourth-order valence-electron chi connectivity index (χ4n) is 4.34. The van der Waals surface area contributed by atoms with E-state index in [1.165, 1.54) is 11.2 Å². The minimum atomic E-state index is -3.67. The zero-order chi connectivity index (χ0) is 23.4. The molecular weight excluding hydrogens is 427 g/mol. The number of rotatable bonds is 5. The average molecular weight is 459 g/mol. The van der Waals surface area contributed by atoms with Crippen molar-refractivity contribution in [2.45, 2.75) is 64.3 Å². The maximum absolute atomic E-state index is 13.6. The van der Waals surface area contributed by atoms with Gasteiger partial charge < -0.3 is 10.2 Å². The lowest BCUT2D eigenvalue weighted by molar-refractivity contribution is -0.131. The number of carbonyl (C=O) groups is 1. The Labute approximate surface area is 182 Å². The molecule has 31 heavy (non-hydrogen) atoms. The van der Waals surface area contributed by atoms with Crippen molar-refractivity contribution in [3.05, 3.63) is 12.7 Å². The standard InChI is InChI=1S/C18H27FN6O.CH4O3S/c1-17(2)13(9-24-12-21-11-23-24)4-5-18(17,3)22-8-16(26)25-10-14(19)6-15(25)7-20;1-5(2,3)4/h11-15,22H,4-6,8-10H2,1-3H3;1H3,(H,2,3,4)/t13-,14-,15-,18-;/m0./s1. The number of nitrogens with one attached hydrogen (secondary N) is 1. The second kappa shape index (κ2) is 9.58. The summed E-state index contributed by atoms with van der Waals surface area (Å²) in [4.78, 5) is 17.9. The molecule has 0 unspecified atom stereocenters. The van der Waals surface area contributed by atoms with Crippen LogP contribution in [0.15, 0.2) is 12.7 Å². The lowest BCUT2D eigenvalue weighted by Crippen LogP contribution is -2.55. The molecule has 1 aromatic heterocycles. The van der Waals surface area contributed by atoms with Crippen molar-refractivity contribution in [1.29, 1.82) is 5.26 Å². The van der Waals surface area contributed by atoms with Crippen LogP contribution in [-0.4, -0.2) is 75.6 Å². The molecule has 3 rings (SSSR count). The van der Waals surface area contributed by atoms with Gasteiger partial charge in [0, 0.05) is 18.5 Å². The normalized spacial score (nSPS) is 29.8. The van der Waals surface area contributed by atoms with E-state index in [4.69, 9.17) is 9.81 Å². The van der Waals surface area contributed by atoms with Crippen molar-refractivity contribution >= 4 is 16.0 Å². The maximum atomic E-state index is 13.6. The zero-order valence-corrected chi connectivity index (χ0v) is 19.1. The summed E-state index contributed by atoms with van der Waals surface area (Å²) in [5.74, 6) is 0.208. The highest BCUT2D eigenvalue weighted by Gasteiger charge is 2.51. The number of amides is 1. The molecule has 10 nitrogen and oxygen atoms in total. The molecule has 0 aromatic carbocycles. The number of hydrogen-bond acceptors (Lipinski definition) is 7. The van der Waals surface area contributed by atoms with Crippen LogP contribution in [0.2, 0.25) is 0 Å². The van der Waals surface area contributed by atoms with Gasteiger partial charge in [-0.05, 0) is 31.1 Å². The molecule has 2 fully saturated rings. The van der Waals surface area contributed by atoms with Crippen LogP contribution >= 0.6 is 0 Å². The molecule has 1 amide bonds. The summed E-state index contributed by atoms with van der Waals surface area (Å²) >= 11 is 0. The molecule has 0 radical (unpaired) electrons. The first-order valence-corrected chi connectivity index (χ1v) is 11.9. The van der Waals surface area contributed by atoms with Gasteiger partial charge in [0.15, 0.2) is 0 Å². The summed E-state index contributed by atoms with van der Waals surface area (Å²) in [6, 6.07) is 1.38. The highest BCUT2D eigenvalue weighted by Crippen LogP contribution is 2.50. The lowest BCUT2D eigenvalue weighted by atomic mass is 9.71. The van der Waals surface area contributed by atoms with Crippen LogP contribution in [0.1, 0.15) is 40.0 Å². The van der Waals surface area contributed by atoms with Crippen molar-refractivity contribution in [1.82, 2.24) is 25.0 Å². The van der Waals surface area contributed by atoms with E-state index in [2.05, 4.69) is 36.2 Å². The Kier molecular flexibility index (Phi) is 7.78. The van der Waals surface area contributed by atoms with E-state index in [-0.39, 0.29) is 36.4 Å². The van der Waals surface area contributed by atoms with E-state index in [9.17, 15) is 17.6 Å². The van der Waals surface area contributed by atoms with Gasteiger partial charge in [0.1, 0.15) is 24.9 Å². The molecule has 0 bridgehead atoms. The minimum absolute atomic E-state index is 0.0216. The van der Waals surface area contributed by atoms with Gasteiger partial charge in [-0.25, -0.2) is 9.37 Å². The zero-order valence-electron chi connectivity index (χ0n) is 18.3. The number of alkyl halides is 1. The van der Waals surface area contributed by atoms with E-state index >= 15 is 0 Å². The van der Waals surface area contributed by atoms with Crippen LogP contribution in [0.5, 0.6) is 0 Å². The summed E-state index contributed by atoms with van der Waals surface area (Å²) in [5, 5.41) is 16.8. The quantitative estimate of drug-likeness (QED) is 0.623. The summed E-state index contributed by atoms with van der Waals surface area (Å²) in [6.45, 7) is 7.51. The number of carbonyl (C=O) groups excluding carboxylic acids is 1. The number of likely N-dealkylation sites (tertiary alicyclic amines) is 1. The van der Waals surface area contributed by atoms with Crippen LogP contribution in [-0.2, 0) is 21.5 Å². The van der Waals surface area contributed by atoms with Crippen LogP contribution in [0.4, 0.5) is 4.39 Å². The van der Waals surface area contributed by atoms with Crippen molar-refractivity contribution in [3.8, 4) is 6.07 Å². The molecule has 1 aliphatic carbocycles. The highest BCUT2D eigenvalue weighted by atomic mass is 32.2. The van der Waals surface area contributed by atoms with E-state index in [1.54, 1.807) is 6.33 Å². The second-order valence-corrected chi connectivity index (χ2v) is 10.5. The number of nitriles is 1. The summed E-state index contributed by atoms with van der Waals surface area (Å²) in [6.07, 6.45) is 4.97. The third-order valence-corrected chi connectivity index (χ3v) is 6.66. The number of hydrogen-bond donors (Lipinski definition) is 2. The van der Waals surface area contributed by atoms with E-state index in [1.807, 2.05) is 10.8 Å². The van der Waals surface area contributed by atoms with Crippen molar-refractivity contribution in [2.24, 2.45) is 11.3 Å². The van der Waals surface area contributed by atoms with E-state index < -0.39 is 22.3 Å². The molecule has 0 spiro atoms. The van der Waals surface area contributed by atoms with Crippen LogP contribution in [0.3, 0.4) is 0 Å². The predicted molar refractivity (Wildman–Crippen MR) is 111 cm³/mol. The Morgan fingerprint density at radius 2 is 2.06 bits per heavy atom. The third kappa shape index (κ3) is 6.44. The van der Waals surface area contributed by atoms with Gasteiger partial charge in [0.2, 0.25) is 5.91 Å². The van der Waals surface area contributed by atoms with Crippen molar-refractivity contribution in [2.75, 3.05) is 19.3 Å². The van der Waals surface area contributed by atoms with Crippen molar-refractivity contribution < 1.29 is 22.2 Å². The summed E-state index contributed by atoms with van der Waals surface area (Å²) in [7, 11) is -3.67. The second-order valence-electron chi connectivity index (χ2n) is 9.02. The Hall–Kier alpha value is -2.10. The van der Waals surface area contributed by atoms with E-state index in [0.717, 1.165) is 19.4 Å². The van der Waals surface area contributed by atoms with Crippen LogP contribution in [0.25, 0.3) is 0 Å². The Morgan fingerprint density at radius 1 is 1.42 bits per heavy atom. The molecular formula is C19H31FN6O4S. The minimum Gasteiger partial charge on any atom is -0.323 e. The largest absolute Gasteiger partial charge is 0.323 e. The molecule has 2 N–H and O–H groups in total. The molecule has 1 saturated heterocycles. The molecule has 1 aromatic rings. The topological polar surface area (TPSA) is 141 Å². The lowest BCUT2D eigenvalue weighted by Gasteiger charge is -2.42. The van der Waals surface area contributed by atoms with Crippen LogP contribution in [0, 0.1) is 22.7 Å². The van der Waals surface area contributed by atoms with Gasteiger partial charge in [0.25, 0.3) is 10.1 Å². The summed E-state index contributed by atoms with van der Waals surface area (Å²) in [5.41, 5.74) is -0.271. The molecule has 4 atom stereocenters. The Morgan fingerprint density at radius 3 is 2.61 bits per heavy atom. The third-order valence-electron chi connectivity index (χ3n) is 6.66. The van der Waals surface area contributed by atoms with Gasteiger partial charge in [-0.15, -0.1) is 0 Å². The molecule has 1 aliphatic heterocycles. The molecule has 2 heterocycles. The molecule has 174 valence electrons. The SMILES string of the molecule is CC1(C)[C@H](Cn2cncn2)CC[C@]1(C)NCC(=O)N1C[C@@H](F)C[C@H]1C#N.CS(=O)(=O)O. The number of halogens is 1. The average Bonchev–Trinajstić information content (AvgIpc) is 3.34. The summed E-state index contributed by atoms with van der Waals surface area (Å²) < 4.78 is 41.3. The fraction of sp³-hybridized carbons (Fsp3) is 0.789. The van der Waals surface area contributed by atoms with Crippen LogP contribution < -0.4 is 5.32 Å². The Balaban J connectivity index is 0.000000614. The predicted octanol–water partition coefficient (Wildman–Crippen LogP) is 1.03. The first-order valence-electron chi connectivity index (χ1n) is 10.1. The first kappa shape index (κ1) is 25.2. The number of nitrogens with zero attached hydrogens (tertiary/aromatic N) is 5. The number of aromatic nitrogens is 3. The smallest absolute Gasteiger partial charge is 0.261 e. The van der Waals surface area contributed by atoms with Crippen molar-refractivity contribution in [3.63, 3.8) is 0 Å².